The quantitative estimate of drug-likeness (QED) is 0.643. The molecule has 26 heavy (non-hydrogen) atoms. The number of ether oxygens (including phenoxy) is 1. The number of methoxy groups -OCH3 is 1. The van der Waals surface area contributed by atoms with Crippen LogP contribution in [0, 0.1) is 0 Å². The van der Waals surface area contributed by atoms with E-state index in [9.17, 15) is 14.4 Å². The summed E-state index contributed by atoms with van der Waals surface area (Å²) in [5.41, 5.74) is 0.796. The average Bonchev–Trinajstić information content (AvgIpc) is 2.86. The fraction of sp³-hybridized carbons (Fsp3) is 0.526. The molecule has 2 fully saturated rings. The molecule has 1 saturated carbocycles. The van der Waals surface area contributed by atoms with Crippen molar-refractivity contribution in [2.75, 3.05) is 20.8 Å². The van der Waals surface area contributed by atoms with Crippen molar-refractivity contribution in [3.8, 4) is 0 Å². The van der Waals surface area contributed by atoms with Gasteiger partial charge >= 0.3 is 12.0 Å². The van der Waals surface area contributed by atoms with E-state index in [1.807, 2.05) is 24.1 Å². The van der Waals surface area contributed by atoms with Gasteiger partial charge in [0.25, 0.3) is 5.91 Å². The van der Waals surface area contributed by atoms with Gasteiger partial charge < -0.3 is 10.1 Å². The second-order valence-electron chi connectivity index (χ2n) is 7.15. The van der Waals surface area contributed by atoms with Gasteiger partial charge in [-0.05, 0) is 37.6 Å². The molecule has 0 bridgehead atoms. The van der Waals surface area contributed by atoms with Gasteiger partial charge in [0.2, 0.25) is 0 Å². The molecule has 3 amide bonds. The lowest BCUT2D eigenvalue weighted by molar-refractivity contribution is -0.133. The smallest absolute Gasteiger partial charge is 0.337 e. The molecule has 7 nitrogen and oxygen atoms in total. The molecule has 1 spiro atoms. The summed E-state index contributed by atoms with van der Waals surface area (Å²) in [6, 6.07) is 6.80. The number of carbonyl (C=O) groups excluding carboxylic acids is 3. The number of nitrogens with one attached hydrogen (secondary N) is 1. The minimum absolute atomic E-state index is 0.102. The second-order valence-corrected chi connectivity index (χ2v) is 7.15. The number of nitrogens with zero attached hydrogens (tertiary/aromatic N) is 2. The molecule has 1 saturated heterocycles. The van der Waals surface area contributed by atoms with Gasteiger partial charge in [0.05, 0.1) is 19.3 Å². The van der Waals surface area contributed by atoms with Crippen LogP contribution in [0.15, 0.2) is 24.3 Å². The fourth-order valence-corrected chi connectivity index (χ4v) is 3.77. The molecular formula is C19H25N3O4. The van der Waals surface area contributed by atoms with Gasteiger partial charge in [-0.15, -0.1) is 0 Å². The monoisotopic (exact) mass is 359 g/mol. The number of imide groups is 1. The first-order valence-corrected chi connectivity index (χ1v) is 8.95. The zero-order chi connectivity index (χ0) is 18.7. The lowest BCUT2D eigenvalue weighted by Crippen LogP contribution is -2.48. The Morgan fingerprint density at radius 3 is 2.46 bits per heavy atom. The van der Waals surface area contributed by atoms with E-state index in [2.05, 4.69) is 10.1 Å². The zero-order valence-electron chi connectivity index (χ0n) is 15.3. The number of rotatable bonds is 5. The van der Waals surface area contributed by atoms with Crippen LogP contribution in [0.1, 0.15) is 48.0 Å². The minimum Gasteiger partial charge on any atom is -0.465 e. The highest BCUT2D eigenvalue weighted by Gasteiger charge is 2.51. The van der Waals surface area contributed by atoms with E-state index < -0.39 is 5.54 Å². The maximum absolute atomic E-state index is 12.8. The summed E-state index contributed by atoms with van der Waals surface area (Å²) in [5.74, 6) is -0.475. The molecule has 1 aliphatic heterocycles. The third kappa shape index (κ3) is 3.58. The molecule has 1 aromatic carbocycles. The standard InChI is InChI=1S/C19H25N3O4/c1-21(12-14-6-8-15(9-7-14)16(23)26-2)13-22-17(24)19(20-18(22)25)10-4-3-5-11-19/h6-9H,3-5,10-13H2,1-2H3,(H,20,25). The van der Waals surface area contributed by atoms with Crippen molar-refractivity contribution in [2.24, 2.45) is 0 Å². The molecule has 7 heteroatoms. The first-order valence-electron chi connectivity index (χ1n) is 8.95. The van der Waals surface area contributed by atoms with E-state index in [4.69, 9.17) is 0 Å². The summed E-state index contributed by atoms with van der Waals surface area (Å²) in [7, 11) is 3.21. The van der Waals surface area contributed by atoms with Crippen LogP contribution in [0.5, 0.6) is 0 Å². The van der Waals surface area contributed by atoms with E-state index in [-0.39, 0.29) is 24.6 Å². The van der Waals surface area contributed by atoms with Crippen LogP contribution in [0.25, 0.3) is 0 Å². The molecule has 0 radical (unpaired) electrons. The van der Waals surface area contributed by atoms with Crippen molar-refractivity contribution in [1.82, 2.24) is 15.1 Å². The Bertz CT molecular complexity index is 695. The molecule has 0 atom stereocenters. The van der Waals surface area contributed by atoms with E-state index in [1.54, 1.807) is 12.1 Å². The highest BCUT2D eigenvalue weighted by Crippen LogP contribution is 2.33. The Kier molecular flexibility index (Phi) is 5.27. The Hall–Kier alpha value is -2.41. The molecule has 3 rings (SSSR count). The summed E-state index contributed by atoms with van der Waals surface area (Å²) in [4.78, 5) is 39.8. The third-order valence-corrected chi connectivity index (χ3v) is 5.16. The molecule has 2 aliphatic rings. The maximum Gasteiger partial charge on any atom is 0.337 e. The Morgan fingerprint density at radius 2 is 1.85 bits per heavy atom. The van der Waals surface area contributed by atoms with Crippen LogP contribution in [0.3, 0.4) is 0 Å². The van der Waals surface area contributed by atoms with Gasteiger partial charge in [0.1, 0.15) is 5.54 Å². The molecular weight excluding hydrogens is 334 g/mol. The van der Waals surface area contributed by atoms with Gasteiger partial charge in [0, 0.05) is 6.54 Å². The van der Waals surface area contributed by atoms with E-state index in [1.165, 1.54) is 12.0 Å². The first-order chi connectivity index (χ1) is 12.4. The minimum atomic E-state index is -0.682. The topological polar surface area (TPSA) is 79.0 Å². The Labute approximate surface area is 153 Å². The number of hydrogen-bond donors (Lipinski definition) is 1. The summed E-state index contributed by atoms with van der Waals surface area (Å²) in [6.45, 7) is 0.802. The average molecular weight is 359 g/mol. The fourth-order valence-electron chi connectivity index (χ4n) is 3.77. The molecule has 1 aliphatic carbocycles. The van der Waals surface area contributed by atoms with Crippen molar-refractivity contribution < 1.29 is 19.1 Å². The summed E-state index contributed by atoms with van der Waals surface area (Å²) in [5, 5.41) is 2.92. The number of amides is 3. The van der Waals surface area contributed by atoms with Crippen LogP contribution in [-0.4, -0.2) is 54.1 Å². The summed E-state index contributed by atoms with van der Waals surface area (Å²) >= 11 is 0. The van der Waals surface area contributed by atoms with Crippen molar-refractivity contribution in [3.63, 3.8) is 0 Å². The second kappa shape index (κ2) is 7.45. The van der Waals surface area contributed by atoms with Gasteiger partial charge in [0.15, 0.2) is 0 Å². The summed E-state index contributed by atoms with van der Waals surface area (Å²) < 4.78 is 4.69. The van der Waals surface area contributed by atoms with Gasteiger partial charge in [-0.3, -0.25) is 9.69 Å². The molecule has 1 N–H and O–H groups in total. The van der Waals surface area contributed by atoms with Crippen LogP contribution < -0.4 is 5.32 Å². The molecule has 0 aromatic heterocycles. The van der Waals surface area contributed by atoms with Crippen LogP contribution in [0.2, 0.25) is 0 Å². The van der Waals surface area contributed by atoms with Crippen LogP contribution in [-0.2, 0) is 16.1 Å². The largest absolute Gasteiger partial charge is 0.465 e. The normalized spacial score (nSPS) is 19.1. The van der Waals surface area contributed by atoms with Gasteiger partial charge in [-0.25, -0.2) is 14.5 Å². The van der Waals surface area contributed by atoms with Crippen molar-refractivity contribution in [3.05, 3.63) is 35.4 Å². The van der Waals surface area contributed by atoms with Crippen molar-refractivity contribution in [2.45, 2.75) is 44.2 Å². The zero-order valence-corrected chi connectivity index (χ0v) is 15.3. The Balaban J connectivity index is 1.61. The number of urea groups is 1. The highest BCUT2D eigenvalue weighted by atomic mass is 16.5. The predicted octanol–water partition coefficient (Wildman–Crippen LogP) is 2.12. The predicted molar refractivity (Wildman–Crippen MR) is 95.3 cm³/mol. The molecule has 0 unspecified atom stereocenters. The SMILES string of the molecule is COC(=O)c1ccc(CN(C)CN2C(=O)NC3(CCCCC3)C2=O)cc1. The van der Waals surface area contributed by atoms with E-state index in [0.29, 0.717) is 12.1 Å². The highest BCUT2D eigenvalue weighted by molar-refractivity contribution is 6.07. The summed E-state index contributed by atoms with van der Waals surface area (Å²) in [6.07, 6.45) is 4.52. The third-order valence-electron chi connectivity index (χ3n) is 5.16. The van der Waals surface area contributed by atoms with Gasteiger partial charge in [-0.1, -0.05) is 31.4 Å². The van der Waals surface area contributed by atoms with Crippen molar-refractivity contribution in [1.29, 1.82) is 0 Å². The van der Waals surface area contributed by atoms with E-state index >= 15 is 0 Å². The number of carbonyl (C=O) groups is 3. The molecule has 1 aromatic rings. The number of hydrogen-bond acceptors (Lipinski definition) is 5. The van der Waals surface area contributed by atoms with Crippen LogP contribution >= 0.6 is 0 Å². The molecule has 1 heterocycles. The lowest BCUT2D eigenvalue weighted by Gasteiger charge is -2.31. The maximum atomic E-state index is 12.8. The van der Waals surface area contributed by atoms with E-state index in [0.717, 1.165) is 37.7 Å². The lowest BCUT2D eigenvalue weighted by atomic mass is 9.82. The van der Waals surface area contributed by atoms with Crippen molar-refractivity contribution >= 4 is 17.9 Å². The first kappa shape index (κ1) is 18.4. The molecule has 140 valence electrons. The van der Waals surface area contributed by atoms with Crippen LogP contribution in [0.4, 0.5) is 4.79 Å². The van der Waals surface area contributed by atoms with Gasteiger partial charge in [-0.2, -0.15) is 0 Å². The Morgan fingerprint density at radius 1 is 1.19 bits per heavy atom. The number of esters is 1. The number of benzene rings is 1.